The van der Waals surface area contributed by atoms with E-state index in [-0.39, 0.29) is 28.7 Å². The van der Waals surface area contributed by atoms with Gasteiger partial charge in [-0.1, -0.05) is 12.8 Å². The minimum absolute atomic E-state index is 0.0173. The number of alkyl halides is 3. The van der Waals surface area contributed by atoms with Gasteiger partial charge in [0, 0.05) is 56.2 Å². The van der Waals surface area contributed by atoms with E-state index >= 15 is 0 Å². The van der Waals surface area contributed by atoms with Crippen molar-refractivity contribution < 1.29 is 18.0 Å². The SMILES string of the molecule is CC(C)(C)NCCn1cc(C2CCCC2)nc1C1CCN(c2ncnc3c2[C@H](C(F)(F)F)CC(=O)N3)CC1. The first-order valence-electron chi connectivity index (χ1n) is 13.8. The van der Waals surface area contributed by atoms with Crippen LogP contribution in [0.5, 0.6) is 0 Å². The molecule has 38 heavy (non-hydrogen) atoms. The number of halogens is 3. The van der Waals surface area contributed by atoms with E-state index in [9.17, 15) is 18.0 Å². The lowest BCUT2D eigenvalue weighted by Crippen LogP contribution is -2.39. The molecule has 8 nitrogen and oxygen atoms in total. The Morgan fingerprint density at radius 1 is 1.05 bits per heavy atom. The second kappa shape index (κ2) is 10.5. The summed E-state index contributed by atoms with van der Waals surface area (Å²) in [7, 11) is 0. The molecule has 0 aromatic carbocycles. The third kappa shape index (κ3) is 5.82. The first kappa shape index (κ1) is 26.9. The molecule has 1 amide bonds. The predicted molar refractivity (Wildman–Crippen MR) is 139 cm³/mol. The average Bonchev–Trinajstić information content (AvgIpc) is 3.52. The highest BCUT2D eigenvalue weighted by molar-refractivity contribution is 5.94. The molecule has 1 saturated carbocycles. The van der Waals surface area contributed by atoms with Gasteiger partial charge in [-0.2, -0.15) is 13.2 Å². The van der Waals surface area contributed by atoms with Crippen LogP contribution in [-0.2, 0) is 11.3 Å². The number of hydrogen-bond acceptors (Lipinski definition) is 6. The van der Waals surface area contributed by atoms with E-state index in [1.54, 1.807) is 0 Å². The normalized spacial score (nSPS) is 21.6. The second-order valence-electron chi connectivity index (χ2n) is 11.9. The minimum atomic E-state index is -4.55. The van der Waals surface area contributed by atoms with Crippen molar-refractivity contribution in [1.29, 1.82) is 0 Å². The Bertz CT molecular complexity index is 1140. The smallest absolute Gasteiger partial charge is 0.356 e. The van der Waals surface area contributed by atoms with Crippen LogP contribution in [-0.4, -0.2) is 56.8 Å². The van der Waals surface area contributed by atoms with E-state index in [0.29, 0.717) is 19.0 Å². The zero-order valence-electron chi connectivity index (χ0n) is 22.4. The number of nitrogens with zero attached hydrogens (tertiary/aromatic N) is 5. The number of carbonyl (C=O) groups excluding carboxylic acids is 1. The monoisotopic (exact) mass is 533 g/mol. The lowest BCUT2D eigenvalue weighted by molar-refractivity contribution is -0.156. The maximum absolute atomic E-state index is 13.9. The number of hydrogen-bond donors (Lipinski definition) is 2. The molecule has 4 heterocycles. The van der Waals surface area contributed by atoms with Crippen LogP contribution in [0.2, 0.25) is 0 Å². The molecule has 2 fully saturated rings. The van der Waals surface area contributed by atoms with E-state index < -0.39 is 24.4 Å². The quantitative estimate of drug-likeness (QED) is 0.538. The van der Waals surface area contributed by atoms with E-state index in [2.05, 4.69) is 52.1 Å². The summed E-state index contributed by atoms with van der Waals surface area (Å²) in [5, 5.41) is 6.07. The van der Waals surface area contributed by atoms with Gasteiger partial charge in [-0.25, -0.2) is 15.0 Å². The minimum Gasteiger partial charge on any atom is -0.356 e. The van der Waals surface area contributed by atoms with Gasteiger partial charge in [0.1, 0.15) is 23.8 Å². The first-order chi connectivity index (χ1) is 18.0. The zero-order chi connectivity index (χ0) is 27.1. The van der Waals surface area contributed by atoms with Crippen molar-refractivity contribution in [3.8, 4) is 0 Å². The third-order valence-corrected chi connectivity index (χ3v) is 8.02. The van der Waals surface area contributed by atoms with Gasteiger partial charge in [0.25, 0.3) is 0 Å². The molecule has 2 N–H and O–H groups in total. The van der Waals surface area contributed by atoms with Crippen LogP contribution in [0.15, 0.2) is 12.5 Å². The maximum atomic E-state index is 13.9. The Hall–Kier alpha value is -2.69. The number of carbonyl (C=O) groups is 1. The number of fused-ring (bicyclic) bond motifs is 1. The molecule has 1 saturated heterocycles. The van der Waals surface area contributed by atoms with Gasteiger partial charge in [-0.3, -0.25) is 4.79 Å². The molecule has 0 spiro atoms. The predicted octanol–water partition coefficient (Wildman–Crippen LogP) is 5.09. The summed E-state index contributed by atoms with van der Waals surface area (Å²) in [4.78, 5) is 27.2. The van der Waals surface area contributed by atoms with Gasteiger partial charge in [-0.05, 0) is 46.5 Å². The molecule has 5 rings (SSSR count). The van der Waals surface area contributed by atoms with Crippen molar-refractivity contribution >= 4 is 17.5 Å². The van der Waals surface area contributed by atoms with E-state index in [1.165, 1.54) is 37.7 Å². The zero-order valence-corrected chi connectivity index (χ0v) is 22.4. The Morgan fingerprint density at radius 3 is 2.42 bits per heavy atom. The fourth-order valence-corrected chi connectivity index (χ4v) is 6.08. The fourth-order valence-electron chi connectivity index (χ4n) is 6.08. The average molecular weight is 534 g/mol. The van der Waals surface area contributed by atoms with Crippen LogP contribution in [0.4, 0.5) is 24.8 Å². The molecule has 1 aliphatic carbocycles. The number of anilines is 2. The highest BCUT2D eigenvalue weighted by Gasteiger charge is 2.48. The van der Waals surface area contributed by atoms with E-state index in [1.807, 2.05) is 4.90 Å². The number of amides is 1. The number of nitrogens with one attached hydrogen (secondary N) is 2. The highest BCUT2D eigenvalue weighted by Crippen LogP contribution is 2.46. The van der Waals surface area contributed by atoms with Crippen LogP contribution in [0.25, 0.3) is 0 Å². The van der Waals surface area contributed by atoms with Gasteiger partial charge in [0.15, 0.2) is 0 Å². The first-order valence-corrected chi connectivity index (χ1v) is 13.8. The fraction of sp³-hybridized carbons (Fsp3) is 0.704. The maximum Gasteiger partial charge on any atom is 0.396 e. The highest BCUT2D eigenvalue weighted by atomic mass is 19.4. The Kier molecular flexibility index (Phi) is 7.41. The van der Waals surface area contributed by atoms with E-state index in [0.717, 1.165) is 31.8 Å². The topological polar surface area (TPSA) is 88.0 Å². The third-order valence-electron chi connectivity index (χ3n) is 8.02. The second-order valence-corrected chi connectivity index (χ2v) is 11.9. The summed E-state index contributed by atoms with van der Waals surface area (Å²) >= 11 is 0. The van der Waals surface area contributed by atoms with Crippen LogP contribution < -0.4 is 15.5 Å². The van der Waals surface area contributed by atoms with Crippen molar-refractivity contribution in [3.05, 3.63) is 29.6 Å². The molecule has 0 bridgehead atoms. The summed E-state index contributed by atoms with van der Waals surface area (Å²) in [6, 6.07) is 0. The molecule has 208 valence electrons. The summed E-state index contributed by atoms with van der Waals surface area (Å²) in [5.74, 6) is -0.483. The number of imidazole rings is 1. The van der Waals surface area contributed by atoms with Crippen molar-refractivity contribution in [2.24, 2.45) is 0 Å². The Morgan fingerprint density at radius 2 is 1.76 bits per heavy atom. The summed E-state index contributed by atoms with van der Waals surface area (Å²) < 4.78 is 44.0. The number of piperidine rings is 1. The van der Waals surface area contributed by atoms with Crippen LogP contribution in [0.3, 0.4) is 0 Å². The van der Waals surface area contributed by atoms with Crippen molar-refractivity contribution in [3.63, 3.8) is 0 Å². The molecule has 0 radical (unpaired) electrons. The van der Waals surface area contributed by atoms with E-state index in [4.69, 9.17) is 4.98 Å². The molecular weight excluding hydrogens is 495 g/mol. The molecule has 11 heteroatoms. The van der Waals surface area contributed by atoms with Crippen molar-refractivity contribution in [1.82, 2.24) is 24.8 Å². The summed E-state index contributed by atoms with van der Waals surface area (Å²) in [5.41, 5.74) is 1.20. The van der Waals surface area contributed by atoms with Crippen LogP contribution >= 0.6 is 0 Å². The number of rotatable bonds is 6. The van der Waals surface area contributed by atoms with Gasteiger partial charge in [0.05, 0.1) is 17.2 Å². The number of aromatic nitrogens is 4. The van der Waals surface area contributed by atoms with Crippen LogP contribution in [0.1, 0.15) is 101 Å². The summed E-state index contributed by atoms with van der Waals surface area (Å²) in [6.07, 6.45) is 4.70. The molecule has 2 aliphatic heterocycles. The summed E-state index contributed by atoms with van der Waals surface area (Å²) in [6.45, 7) is 9.27. The Labute approximate surface area is 221 Å². The molecule has 2 aromatic heterocycles. The standard InChI is InChI=1S/C27H38F3N7O/c1-26(2,3)33-10-13-37-15-20(17-6-4-5-7-17)34-24(37)18-8-11-36(12-9-18)25-22-19(27(28,29)30)14-21(38)35-23(22)31-16-32-25/h15-19,33H,4-14H2,1-3H3,(H,31,32,35,38)/t19-/m1/s1. The van der Waals surface area contributed by atoms with Crippen LogP contribution in [0, 0.1) is 0 Å². The molecule has 1 atom stereocenters. The van der Waals surface area contributed by atoms with Crippen molar-refractivity contribution in [2.75, 3.05) is 29.9 Å². The molecule has 3 aliphatic rings. The van der Waals surface area contributed by atoms with Crippen molar-refractivity contribution in [2.45, 2.75) is 102 Å². The molecular formula is C27H38F3N7O. The molecule has 2 aromatic rings. The lowest BCUT2D eigenvalue weighted by Gasteiger charge is -2.36. The largest absolute Gasteiger partial charge is 0.396 e. The van der Waals surface area contributed by atoms with Gasteiger partial charge < -0.3 is 20.1 Å². The Balaban J connectivity index is 1.35. The molecule has 0 unspecified atom stereocenters. The van der Waals surface area contributed by atoms with Gasteiger partial charge in [0.2, 0.25) is 5.91 Å². The van der Waals surface area contributed by atoms with Gasteiger partial charge in [-0.15, -0.1) is 0 Å². The lowest BCUT2D eigenvalue weighted by atomic mass is 9.90. The van der Waals surface area contributed by atoms with Gasteiger partial charge >= 0.3 is 6.18 Å².